The van der Waals surface area contributed by atoms with Gasteiger partial charge in [-0.15, -0.1) is 6.58 Å². The first-order valence-electron chi connectivity index (χ1n) is 9.19. The molecule has 0 N–H and O–H groups in total. The third-order valence-corrected chi connectivity index (χ3v) is 4.73. The highest BCUT2D eigenvalue weighted by Crippen LogP contribution is 2.30. The summed E-state index contributed by atoms with van der Waals surface area (Å²) < 4.78 is 44.2. The molecule has 1 heterocycles. The first-order valence-corrected chi connectivity index (χ1v) is 9.19. The van der Waals surface area contributed by atoms with Crippen molar-refractivity contribution in [3.8, 4) is 11.5 Å². The van der Waals surface area contributed by atoms with Crippen molar-refractivity contribution in [3.63, 3.8) is 0 Å². The lowest BCUT2D eigenvalue weighted by Gasteiger charge is -2.27. The van der Waals surface area contributed by atoms with E-state index in [1.807, 2.05) is 30.3 Å². The molecule has 0 amide bonds. The van der Waals surface area contributed by atoms with E-state index >= 15 is 0 Å². The van der Waals surface area contributed by atoms with Crippen molar-refractivity contribution in [3.05, 3.63) is 71.8 Å². The summed E-state index contributed by atoms with van der Waals surface area (Å²) in [4.78, 5) is 0. The van der Waals surface area contributed by atoms with Gasteiger partial charge < -0.3 is 14.2 Å². The van der Waals surface area contributed by atoms with E-state index in [9.17, 15) is 8.78 Å². The van der Waals surface area contributed by atoms with Crippen LogP contribution in [0.15, 0.2) is 49.1 Å². The second kappa shape index (κ2) is 9.00. The number of ether oxygens (including phenoxy) is 3. The molecular weight excluding hydrogens is 350 g/mol. The topological polar surface area (TPSA) is 27.7 Å². The highest BCUT2D eigenvalue weighted by molar-refractivity contribution is 5.35. The Balaban J connectivity index is 1.59. The molecule has 5 heteroatoms. The minimum atomic E-state index is -1.03. The van der Waals surface area contributed by atoms with E-state index in [1.165, 1.54) is 17.7 Å². The van der Waals surface area contributed by atoms with Gasteiger partial charge in [-0.3, -0.25) is 0 Å². The molecule has 2 unspecified atom stereocenters. The van der Waals surface area contributed by atoms with Crippen LogP contribution in [0.4, 0.5) is 8.78 Å². The van der Waals surface area contributed by atoms with Crippen LogP contribution in [0, 0.1) is 11.6 Å². The van der Waals surface area contributed by atoms with E-state index in [0.29, 0.717) is 12.5 Å². The fourth-order valence-corrected chi connectivity index (χ4v) is 3.16. The third kappa shape index (κ3) is 4.66. The summed E-state index contributed by atoms with van der Waals surface area (Å²) in [5.74, 6) is -1.93. The fourth-order valence-electron chi connectivity index (χ4n) is 3.16. The van der Waals surface area contributed by atoms with Crippen LogP contribution in [0.25, 0.3) is 0 Å². The van der Waals surface area contributed by atoms with Crippen molar-refractivity contribution >= 4 is 0 Å². The summed E-state index contributed by atoms with van der Waals surface area (Å²) in [6, 6.07) is 10.7. The molecule has 0 bridgehead atoms. The zero-order valence-electron chi connectivity index (χ0n) is 15.4. The SMILES string of the molecule is C=CC1CCC(c2ccc(COc3ccc(OCC)c(F)c3F)cc2)CO1. The first-order chi connectivity index (χ1) is 13.1. The van der Waals surface area contributed by atoms with Gasteiger partial charge in [0.05, 0.1) is 19.3 Å². The summed E-state index contributed by atoms with van der Waals surface area (Å²) >= 11 is 0. The number of hydrogen-bond donors (Lipinski definition) is 0. The van der Waals surface area contributed by atoms with E-state index < -0.39 is 11.6 Å². The first kappa shape index (κ1) is 19.4. The predicted molar refractivity (Wildman–Crippen MR) is 100 cm³/mol. The molecule has 0 aromatic heterocycles. The van der Waals surface area contributed by atoms with Crippen LogP contribution in [0.1, 0.15) is 36.8 Å². The second-order valence-corrected chi connectivity index (χ2v) is 6.53. The summed E-state index contributed by atoms with van der Waals surface area (Å²) in [5.41, 5.74) is 2.09. The molecule has 2 aromatic rings. The Bertz CT molecular complexity index is 766. The predicted octanol–water partition coefficient (Wildman–Crippen LogP) is 5.39. The van der Waals surface area contributed by atoms with Crippen molar-refractivity contribution in [2.75, 3.05) is 13.2 Å². The smallest absolute Gasteiger partial charge is 0.204 e. The highest BCUT2D eigenvalue weighted by atomic mass is 19.2. The Morgan fingerprint density at radius 1 is 1.04 bits per heavy atom. The van der Waals surface area contributed by atoms with E-state index in [2.05, 4.69) is 6.58 Å². The van der Waals surface area contributed by atoms with Crippen LogP contribution in [-0.2, 0) is 11.3 Å². The van der Waals surface area contributed by atoms with Gasteiger partial charge in [-0.25, -0.2) is 0 Å². The molecule has 27 heavy (non-hydrogen) atoms. The molecule has 1 fully saturated rings. The van der Waals surface area contributed by atoms with E-state index in [0.717, 1.165) is 18.4 Å². The van der Waals surface area contributed by atoms with Gasteiger partial charge in [-0.2, -0.15) is 8.78 Å². The van der Waals surface area contributed by atoms with Crippen molar-refractivity contribution < 1.29 is 23.0 Å². The van der Waals surface area contributed by atoms with Gasteiger partial charge in [0, 0.05) is 5.92 Å². The average Bonchev–Trinajstić information content (AvgIpc) is 2.71. The van der Waals surface area contributed by atoms with E-state index in [1.54, 1.807) is 6.92 Å². The quantitative estimate of drug-likeness (QED) is 0.608. The van der Waals surface area contributed by atoms with Crippen LogP contribution < -0.4 is 9.47 Å². The van der Waals surface area contributed by atoms with Crippen LogP contribution >= 0.6 is 0 Å². The standard InChI is InChI=1S/C22H24F2O3/c1-3-18-10-9-17(14-26-18)16-7-5-15(6-8-16)13-27-20-12-11-19(25-4-2)21(23)22(20)24/h3,5-8,11-12,17-18H,1,4,9-10,13-14H2,2H3. The normalized spacial score (nSPS) is 19.5. The Labute approximate surface area is 158 Å². The average molecular weight is 374 g/mol. The van der Waals surface area contributed by atoms with Crippen LogP contribution in [0.2, 0.25) is 0 Å². The van der Waals surface area contributed by atoms with Crippen molar-refractivity contribution in [2.45, 2.75) is 38.4 Å². The maximum atomic E-state index is 14.1. The maximum Gasteiger partial charge on any atom is 0.204 e. The van der Waals surface area contributed by atoms with Crippen molar-refractivity contribution in [2.24, 2.45) is 0 Å². The number of halogens is 2. The van der Waals surface area contributed by atoms with Crippen LogP contribution in [0.5, 0.6) is 11.5 Å². The minimum Gasteiger partial charge on any atom is -0.491 e. The summed E-state index contributed by atoms with van der Waals surface area (Å²) in [6.45, 7) is 6.59. The van der Waals surface area contributed by atoms with Gasteiger partial charge in [0.15, 0.2) is 11.5 Å². The third-order valence-electron chi connectivity index (χ3n) is 4.73. The van der Waals surface area contributed by atoms with Crippen LogP contribution in [-0.4, -0.2) is 19.3 Å². The molecular formula is C22H24F2O3. The zero-order valence-corrected chi connectivity index (χ0v) is 15.4. The Kier molecular flexibility index (Phi) is 6.45. The van der Waals surface area contributed by atoms with E-state index in [-0.39, 0.29) is 30.8 Å². The molecule has 1 saturated heterocycles. The fraction of sp³-hybridized carbons (Fsp3) is 0.364. The molecule has 2 atom stereocenters. The largest absolute Gasteiger partial charge is 0.491 e. The number of benzene rings is 2. The summed E-state index contributed by atoms with van der Waals surface area (Å²) in [7, 11) is 0. The molecule has 2 aromatic carbocycles. The van der Waals surface area contributed by atoms with Crippen molar-refractivity contribution in [1.82, 2.24) is 0 Å². The Morgan fingerprint density at radius 3 is 2.26 bits per heavy atom. The minimum absolute atomic E-state index is 0.111. The Hall–Kier alpha value is -2.40. The maximum absolute atomic E-state index is 14.1. The lowest BCUT2D eigenvalue weighted by molar-refractivity contribution is 0.0329. The highest BCUT2D eigenvalue weighted by Gasteiger charge is 2.21. The molecule has 0 aliphatic carbocycles. The number of hydrogen-bond acceptors (Lipinski definition) is 3. The second-order valence-electron chi connectivity index (χ2n) is 6.53. The lowest BCUT2D eigenvalue weighted by Crippen LogP contribution is -2.22. The monoisotopic (exact) mass is 374 g/mol. The molecule has 1 aliphatic heterocycles. The molecule has 0 radical (unpaired) electrons. The van der Waals surface area contributed by atoms with Gasteiger partial charge in [0.1, 0.15) is 6.61 Å². The zero-order chi connectivity index (χ0) is 19.2. The van der Waals surface area contributed by atoms with Crippen LogP contribution in [0.3, 0.4) is 0 Å². The molecule has 3 nitrogen and oxygen atoms in total. The number of rotatable bonds is 7. The molecule has 1 aliphatic rings. The summed E-state index contributed by atoms with van der Waals surface area (Å²) in [5, 5.41) is 0. The van der Waals surface area contributed by atoms with Gasteiger partial charge in [0.2, 0.25) is 11.6 Å². The van der Waals surface area contributed by atoms with Gasteiger partial charge in [-0.05, 0) is 43.0 Å². The molecule has 0 spiro atoms. The lowest BCUT2D eigenvalue weighted by atomic mass is 9.91. The molecule has 3 rings (SSSR count). The molecule has 144 valence electrons. The van der Waals surface area contributed by atoms with Gasteiger partial charge in [-0.1, -0.05) is 30.3 Å². The van der Waals surface area contributed by atoms with E-state index in [4.69, 9.17) is 14.2 Å². The van der Waals surface area contributed by atoms with Crippen molar-refractivity contribution in [1.29, 1.82) is 0 Å². The van der Waals surface area contributed by atoms with Gasteiger partial charge >= 0.3 is 0 Å². The molecule has 0 saturated carbocycles. The Morgan fingerprint density at radius 2 is 1.70 bits per heavy atom. The summed E-state index contributed by atoms with van der Waals surface area (Å²) in [6.07, 6.45) is 4.03. The van der Waals surface area contributed by atoms with Gasteiger partial charge in [0.25, 0.3) is 0 Å².